The van der Waals surface area contributed by atoms with Gasteiger partial charge in [0.2, 0.25) is 0 Å². The van der Waals surface area contributed by atoms with Gasteiger partial charge in [-0.05, 0) is 42.9 Å². The van der Waals surface area contributed by atoms with Crippen LogP contribution in [0.2, 0.25) is 0 Å². The van der Waals surface area contributed by atoms with Gasteiger partial charge in [0.25, 0.3) is 0 Å². The molecule has 0 bridgehead atoms. The zero-order valence-electron chi connectivity index (χ0n) is 16.9. The number of benzene rings is 1. The predicted molar refractivity (Wildman–Crippen MR) is 117 cm³/mol. The molecule has 0 spiro atoms. The number of aromatic nitrogens is 3. The van der Waals surface area contributed by atoms with Gasteiger partial charge in [-0.25, -0.2) is 0 Å². The number of hydrogen-bond acceptors (Lipinski definition) is 3. The summed E-state index contributed by atoms with van der Waals surface area (Å²) in [4.78, 5) is 4.37. The van der Waals surface area contributed by atoms with Crippen LogP contribution in [0.15, 0.2) is 33.7 Å². The minimum absolute atomic E-state index is 0.553. The highest BCUT2D eigenvalue weighted by molar-refractivity contribution is 9.10. The molecule has 1 aromatic carbocycles. The molecule has 2 aromatic rings. The first kappa shape index (κ1) is 20.8. The van der Waals surface area contributed by atoms with E-state index in [1.54, 1.807) is 0 Å². The van der Waals surface area contributed by atoms with Crippen LogP contribution in [-0.2, 0) is 25.9 Å². The van der Waals surface area contributed by atoms with Gasteiger partial charge in [0.05, 0.1) is 6.54 Å². The van der Waals surface area contributed by atoms with Crippen molar-refractivity contribution in [3.8, 4) is 0 Å². The van der Waals surface area contributed by atoms with Gasteiger partial charge in [-0.1, -0.05) is 47.8 Å². The second-order valence-electron chi connectivity index (χ2n) is 7.41. The van der Waals surface area contributed by atoms with E-state index in [-0.39, 0.29) is 0 Å². The lowest BCUT2D eigenvalue weighted by atomic mass is 9.97. The fourth-order valence-electron chi connectivity index (χ4n) is 3.66. The molecule has 3 rings (SSSR count). The fourth-order valence-corrected chi connectivity index (χ4v) is 4.11. The Bertz CT molecular complexity index is 785. The predicted octanol–water partition coefficient (Wildman–Crippen LogP) is 3.70. The average Bonchev–Trinajstić information content (AvgIpc) is 2.93. The van der Waals surface area contributed by atoms with Gasteiger partial charge < -0.3 is 15.2 Å². The maximum absolute atomic E-state index is 4.38. The summed E-state index contributed by atoms with van der Waals surface area (Å²) in [5.74, 6) is 3.49. The van der Waals surface area contributed by atoms with Crippen LogP contribution in [0.25, 0.3) is 0 Å². The third-order valence-electron chi connectivity index (χ3n) is 5.37. The van der Waals surface area contributed by atoms with Crippen LogP contribution in [0.3, 0.4) is 0 Å². The van der Waals surface area contributed by atoms with Crippen molar-refractivity contribution in [2.24, 2.45) is 10.9 Å². The van der Waals surface area contributed by atoms with Crippen molar-refractivity contribution in [3.05, 3.63) is 46.0 Å². The number of rotatable bonds is 7. The Morgan fingerprint density at radius 2 is 2.14 bits per heavy atom. The summed E-state index contributed by atoms with van der Waals surface area (Å²) in [6.45, 7) is 4.80. The lowest BCUT2D eigenvalue weighted by molar-refractivity contribution is 0.493. The third-order valence-corrected chi connectivity index (χ3v) is 5.87. The summed E-state index contributed by atoms with van der Waals surface area (Å²) in [5.41, 5.74) is 1.36. The van der Waals surface area contributed by atoms with E-state index in [2.05, 4.69) is 77.5 Å². The van der Waals surface area contributed by atoms with Gasteiger partial charge in [0.1, 0.15) is 5.82 Å². The highest BCUT2D eigenvalue weighted by atomic mass is 79.9. The monoisotopic (exact) mass is 446 g/mol. The molecule has 0 amide bonds. The Labute approximate surface area is 176 Å². The van der Waals surface area contributed by atoms with E-state index in [0.717, 1.165) is 54.4 Å². The molecule has 1 atom stereocenters. The van der Waals surface area contributed by atoms with Crippen LogP contribution in [-0.4, -0.2) is 34.3 Å². The third kappa shape index (κ3) is 5.80. The van der Waals surface area contributed by atoms with Gasteiger partial charge in [0, 0.05) is 31.0 Å². The number of aliphatic imine (C=N–C) groups is 1. The summed E-state index contributed by atoms with van der Waals surface area (Å²) in [6, 6.07) is 8.56. The van der Waals surface area contributed by atoms with E-state index in [9.17, 15) is 0 Å². The fraction of sp³-hybridized carbons (Fsp3) is 0.571. The SMILES string of the molecule is CCC(CNC(=NC)NCc1nnc2n1CCCCC2)Cc1cccc(Br)c1. The first-order chi connectivity index (χ1) is 13.7. The van der Waals surface area contributed by atoms with Crippen molar-refractivity contribution in [1.29, 1.82) is 0 Å². The van der Waals surface area contributed by atoms with E-state index < -0.39 is 0 Å². The molecular formula is C21H31BrN6. The molecule has 0 fully saturated rings. The van der Waals surface area contributed by atoms with Gasteiger partial charge in [-0.2, -0.15) is 0 Å². The quantitative estimate of drug-likeness (QED) is 0.502. The molecule has 1 aromatic heterocycles. The average molecular weight is 447 g/mol. The molecule has 2 heterocycles. The Morgan fingerprint density at radius 3 is 2.93 bits per heavy atom. The minimum Gasteiger partial charge on any atom is -0.356 e. The standard InChI is InChI=1S/C21H31BrN6/c1-3-16(12-17-8-7-9-18(22)13-17)14-24-21(23-2)25-15-20-27-26-19-10-5-4-6-11-28(19)20/h7-9,13,16H,3-6,10-12,14-15H2,1-2H3,(H2,23,24,25). The van der Waals surface area contributed by atoms with Gasteiger partial charge in [-0.3, -0.25) is 4.99 Å². The minimum atomic E-state index is 0.553. The zero-order valence-corrected chi connectivity index (χ0v) is 18.5. The van der Waals surface area contributed by atoms with Crippen molar-refractivity contribution in [2.45, 2.75) is 58.5 Å². The van der Waals surface area contributed by atoms with Crippen molar-refractivity contribution in [2.75, 3.05) is 13.6 Å². The second kappa shape index (κ2) is 10.6. The number of halogens is 1. The van der Waals surface area contributed by atoms with E-state index in [0.29, 0.717) is 12.5 Å². The van der Waals surface area contributed by atoms with Crippen molar-refractivity contribution in [1.82, 2.24) is 25.4 Å². The van der Waals surface area contributed by atoms with Gasteiger partial charge >= 0.3 is 0 Å². The van der Waals surface area contributed by atoms with Gasteiger partial charge in [-0.15, -0.1) is 10.2 Å². The van der Waals surface area contributed by atoms with E-state index in [4.69, 9.17) is 0 Å². The smallest absolute Gasteiger partial charge is 0.191 e. The van der Waals surface area contributed by atoms with Crippen LogP contribution in [0.4, 0.5) is 0 Å². The Balaban J connectivity index is 1.51. The molecule has 1 aliphatic rings. The van der Waals surface area contributed by atoms with Gasteiger partial charge in [0.15, 0.2) is 11.8 Å². The molecule has 0 radical (unpaired) electrons. The first-order valence-electron chi connectivity index (χ1n) is 10.3. The molecule has 152 valence electrons. The summed E-state index contributed by atoms with van der Waals surface area (Å²) in [7, 11) is 1.81. The molecule has 0 aliphatic carbocycles. The topological polar surface area (TPSA) is 67.1 Å². The molecule has 6 nitrogen and oxygen atoms in total. The highest BCUT2D eigenvalue weighted by Crippen LogP contribution is 2.17. The second-order valence-corrected chi connectivity index (χ2v) is 8.33. The van der Waals surface area contributed by atoms with Crippen molar-refractivity contribution < 1.29 is 0 Å². The number of nitrogens with zero attached hydrogens (tertiary/aromatic N) is 4. The Kier molecular flexibility index (Phi) is 7.89. The summed E-state index contributed by atoms with van der Waals surface area (Å²) < 4.78 is 3.41. The normalized spacial score (nSPS) is 15.6. The first-order valence-corrected chi connectivity index (χ1v) is 11.1. The lowest BCUT2D eigenvalue weighted by Crippen LogP contribution is -2.40. The summed E-state index contributed by atoms with van der Waals surface area (Å²) >= 11 is 3.56. The number of hydrogen-bond donors (Lipinski definition) is 2. The van der Waals surface area contributed by atoms with E-state index in [1.165, 1.54) is 24.8 Å². The van der Waals surface area contributed by atoms with Crippen LogP contribution < -0.4 is 10.6 Å². The molecule has 1 aliphatic heterocycles. The molecule has 2 N–H and O–H groups in total. The highest BCUT2D eigenvalue weighted by Gasteiger charge is 2.15. The Morgan fingerprint density at radius 1 is 1.25 bits per heavy atom. The van der Waals surface area contributed by atoms with Crippen LogP contribution in [0, 0.1) is 5.92 Å². The lowest BCUT2D eigenvalue weighted by Gasteiger charge is -2.18. The number of guanidine groups is 1. The molecule has 0 saturated heterocycles. The van der Waals surface area contributed by atoms with Crippen molar-refractivity contribution in [3.63, 3.8) is 0 Å². The van der Waals surface area contributed by atoms with E-state index in [1.807, 2.05) is 7.05 Å². The number of aryl methyl sites for hydroxylation is 1. The van der Waals surface area contributed by atoms with Crippen molar-refractivity contribution >= 4 is 21.9 Å². The summed E-state index contributed by atoms with van der Waals surface area (Å²) in [6.07, 6.45) is 6.90. The molecule has 0 saturated carbocycles. The number of fused-ring (bicyclic) bond motifs is 1. The molecule has 1 unspecified atom stereocenters. The maximum Gasteiger partial charge on any atom is 0.191 e. The maximum atomic E-state index is 4.38. The Hall–Kier alpha value is -1.89. The largest absolute Gasteiger partial charge is 0.356 e. The zero-order chi connectivity index (χ0) is 19.8. The molecular weight excluding hydrogens is 416 g/mol. The summed E-state index contributed by atoms with van der Waals surface area (Å²) in [5, 5.41) is 15.6. The van der Waals surface area contributed by atoms with Crippen LogP contribution in [0.5, 0.6) is 0 Å². The molecule has 28 heavy (non-hydrogen) atoms. The molecule has 7 heteroatoms. The number of nitrogens with one attached hydrogen (secondary N) is 2. The van der Waals surface area contributed by atoms with Crippen LogP contribution in [0.1, 0.15) is 49.8 Å². The van der Waals surface area contributed by atoms with E-state index >= 15 is 0 Å². The van der Waals surface area contributed by atoms with Crippen LogP contribution >= 0.6 is 15.9 Å².